The molecule has 2 amide bonds. The van der Waals surface area contributed by atoms with Gasteiger partial charge >= 0.3 is 0 Å². The molecule has 4 heterocycles. The van der Waals surface area contributed by atoms with E-state index in [9.17, 15) is 71.7 Å². The first kappa shape index (κ1) is 68.5. The summed E-state index contributed by atoms with van der Waals surface area (Å²) in [5.74, 6) is -1.85. The minimum Gasteiger partial charge on any atom is -0.508 e. The number of phenolic OH excluding ortho intramolecular Hbond substituents is 2. The lowest BCUT2D eigenvalue weighted by molar-refractivity contribution is -0.437. The zero-order valence-electron chi connectivity index (χ0n) is 50.7. The Morgan fingerprint density at radius 3 is 2.02 bits per heavy atom. The van der Waals surface area contributed by atoms with E-state index in [2.05, 4.69) is 33.3 Å². The van der Waals surface area contributed by atoms with Gasteiger partial charge in [-0.25, -0.2) is 0 Å². The van der Waals surface area contributed by atoms with Crippen LogP contribution in [0.5, 0.6) is 11.5 Å². The number of hydrogen-bond donors (Lipinski definition) is 7. The molecule has 484 valence electrons. The first-order valence-corrected chi connectivity index (χ1v) is 35.7. The van der Waals surface area contributed by atoms with Crippen molar-refractivity contribution in [2.75, 3.05) is 82.0 Å². The Balaban J connectivity index is 0.836. The molecule has 8 rings (SSSR count). The standard InChI is InChI=1S/C62H80N6O17S4/c1-43(2)49-38-50(56(70)39-55(49)69)60(72)66-41-45-17-16-44(35-46(45)42-66)40-65-28-26-64(27-29-65)30-32-85-31-23-63-59(71)15-9-10-22-62(5)52-37-48(89(82,83)84)19-21-54(52)68(25-12-34-87(76,77)78)58(62)14-8-6-7-13-57-61(3,4)51-36-47(88(79,80)81)18-20-53(51)67(57)24-11-33-86(73,74)75/h6-8,13-14,16-21,35-39,43H,9-12,15,22-34,40-42H2,1-5H3,(H6-,63,69,70,71,72,73,74,75,76,77,78,79,80,81,82,83,84)/p+1. The van der Waals surface area contributed by atoms with Crippen molar-refractivity contribution in [3.63, 3.8) is 0 Å². The molecule has 0 aliphatic carbocycles. The molecule has 7 N–H and O–H groups in total. The third kappa shape index (κ3) is 17.2. The number of benzene rings is 4. The molecule has 4 aromatic carbocycles. The topological polar surface area (TPSA) is 329 Å². The summed E-state index contributed by atoms with van der Waals surface area (Å²) in [6.07, 6.45) is 10.2. The van der Waals surface area contributed by atoms with Gasteiger partial charge in [-0.1, -0.05) is 56.7 Å². The Kier molecular flexibility index (Phi) is 21.6. The van der Waals surface area contributed by atoms with Crippen LogP contribution in [-0.4, -0.2) is 176 Å². The quantitative estimate of drug-likeness (QED) is 0.0129. The summed E-state index contributed by atoms with van der Waals surface area (Å²) < 4.78 is 143. The molecule has 0 spiro atoms. The summed E-state index contributed by atoms with van der Waals surface area (Å²) >= 11 is 0. The molecule has 1 saturated heterocycles. The summed E-state index contributed by atoms with van der Waals surface area (Å²) in [4.78, 5) is 34.2. The van der Waals surface area contributed by atoms with Gasteiger partial charge in [0.15, 0.2) is 5.71 Å². The van der Waals surface area contributed by atoms with E-state index in [1.165, 1.54) is 42.5 Å². The molecule has 27 heteroatoms. The molecular weight excluding hydrogens is 1230 g/mol. The van der Waals surface area contributed by atoms with Crippen LogP contribution in [-0.2, 0) is 80.5 Å². The first-order chi connectivity index (χ1) is 41.7. The summed E-state index contributed by atoms with van der Waals surface area (Å²) in [5.41, 5.74) is 5.72. The highest BCUT2D eigenvalue weighted by atomic mass is 32.2. The number of nitrogens with zero attached hydrogens (tertiary/aromatic N) is 5. The number of allylic oxidation sites excluding steroid dienone is 6. The van der Waals surface area contributed by atoms with Gasteiger partial charge in [-0.05, 0) is 116 Å². The number of ether oxygens (including phenoxy) is 1. The predicted molar refractivity (Wildman–Crippen MR) is 336 cm³/mol. The van der Waals surface area contributed by atoms with Crippen LogP contribution >= 0.6 is 0 Å². The minimum atomic E-state index is -4.67. The van der Waals surface area contributed by atoms with Crippen molar-refractivity contribution in [3.05, 3.63) is 142 Å². The second-order valence-electron chi connectivity index (χ2n) is 24.2. The van der Waals surface area contributed by atoms with Crippen molar-refractivity contribution in [1.82, 2.24) is 20.0 Å². The molecule has 89 heavy (non-hydrogen) atoms. The molecule has 0 aromatic heterocycles. The lowest BCUT2D eigenvalue weighted by atomic mass is 9.77. The van der Waals surface area contributed by atoms with Crippen molar-refractivity contribution < 1.29 is 81.0 Å². The van der Waals surface area contributed by atoms with Gasteiger partial charge in [0.1, 0.15) is 18.0 Å². The van der Waals surface area contributed by atoms with E-state index in [0.717, 1.165) is 56.0 Å². The zero-order valence-corrected chi connectivity index (χ0v) is 54.0. The Morgan fingerprint density at radius 1 is 0.697 bits per heavy atom. The third-order valence-corrected chi connectivity index (χ3v) is 20.4. The van der Waals surface area contributed by atoms with E-state index in [0.29, 0.717) is 91.6 Å². The Hall–Kier alpha value is -6.37. The van der Waals surface area contributed by atoms with Gasteiger partial charge in [0, 0.05) is 119 Å². The molecule has 4 aromatic rings. The second kappa shape index (κ2) is 28.0. The van der Waals surface area contributed by atoms with Crippen LogP contribution in [0.2, 0.25) is 0 Å². The number of nitrogens with one attached hydrogen (secondary N) is 1. The van der Waals surface area contributed by atoms with E-state index >= 15 is 0 Å². The minimum absolute atomic E-state index is 0.0129. The molecule has 4 aliphatic rings. The maximum Gasteiger partial charge on any atom is 0.294 e. The zero-order chi connectivity index (χ0) is 64.9. The van der Waals surface area contributed by atoms with Crippen LogP contribution in [0, 0.1) is 0 Å². The molecule has 1 fully saturated rings. The average Bonchev–Trinajstić information content (AvgIpc) is 1.60. The molecule has 4 aliphatic heterocycles. The normalized spacial score (nSPS) is 18.7. The van der Waals surface area contributed by atoms with Crippen LogP contribution < -0.4 is 10.2 Å². The van der Waals surface area contributed by atoms with Crippen LogP contribution in [0.15, 0.2) is 113 Å². The highest BCUT2D eigenvalue weighted by molar-refractivity contribution is 7.86. The number of phenols is 2. The van der Waals surface area contributed by atoms with Gasteiger partial charge in [-0.2, -0.15) is 38.2 Å². The fraction of sp³-hybridized carbons (Fsp3) is 0.468. The SMILES string of the molecule is CC(C)c1cc(C(=O)N2Cc3ccc(CN4CCN(CCOCCNC(=O)CCCCC5(C)/C(=C/C=C/C=C/C6=[N+](CCCS(=O)(=O)O)c7ccc(S(=O)(=O)O)cc7C6(C)C)N(CCCS(=O)(=O)O)c6ccc(S(=O)(=O)O)cc65)CC4)cc3C2)c(O)cc1O. The smallest absolute Gasteiger partial charge is 0.294 e. The van der Waals surface area contributed by atoms with E-state index in [4.69, 9.17) is 4.74 Å². The van der Waals surface area contributed by atoms with Crippen molar-refractivity contribution in [1.29, 1.82) is 0 Å². The summed E-state index contributed by atoms with van der Waals surface area (Å²) in [7, 11) is -17.9. The lowest BCUT2D eigenvalue weighted by Crippen LogP contribution is -2.46. The predicted octanol–water partition coefficient (Wildman–Crippen LogP) is 7.09. The number of hydrogen-bond acceptors (Lipinski definition) is 16. The molecule has 1 atom stereocenters. The monoisotopic (exact) mass is 1310 g/mol. The van der Waals surface area contributed by atoms with E-state index in [-0.39, 0.29) is 76.9 Å². The Morgan fingerprint density at radius 2 is 1.35 bits per heavy atom. The van der Waals surface area contributed by atoms with Gasteiger partial charge in [-0.15, -0.1) is 0 Å². The number of carbonyl (C=O) groups excluding carboxylic acids is 2. The number of unbranched alkanes of at least 4 members (excludes halogenated alkanes) is 1. The summed E-state index contributed by atoms with van der Waals surface area (Å²) in [5, 5.41) is 23.7. The number of piperazine rings is 1. The number of aromatic hydroxyl groups is 2. The second-order valence-corrected chi connectivity index (χ2v) is 30.2. The highest BCUT2D eigenvalue weighted by Crippen LogP contribution is 2.52. The Labute approximate surface area is 522 Å². The van der Waals surface area contributed by atoms with Gasteiger partial charge in [0.25, 0.3) is 46.4 Å². The number of carbonyl (C=O) groups is 2. The van der Waals surface area contributed by atoms with Crippen LogP contribution in [0.4, 0.5) is 11.4 Å². The van der Waals surface area contributed by atoms with Crippen molar-refractivity contribution in [2.45, 2.75) is 119 Å². The number of amides is 2. The fourth-order valence-corrected chi connectivity index (χ4v) is 14.3. The summed E-state index contributed by atoms with van der Waals surface area (Å²) in [6, 6.07) is 17.4. The van der Waals surface area contributed by atoms with Gasteiger partial charge < -0.3 is 30.1 Å². The van der Waals surface area contributed by atoms with Crippen LogP contribution in [0.3, 0.4) is 0 Å². The number of anilines is 1. The number of rotatable bonds is 28. The van der Waals surface area contributed by atoms with Gasteiger partial charge in [0.05, 0.1) is 45.5 Å². The summed E-state index contributed by atoms with van der Waals surface area (Å²) in [6.45, 7) is 16.5. The largest absolute Gasteiger partial charge is 0.508 e. The number of fused-ring (bicyclic) bond motifs is 3. The van der Waals surface area contributed by atoms with Gasteiger partial charge in [0.2, 0.25) is 11.6 Å². The molecular formula is C62H81N6O17S4+. The first-order valence-electron chi connectivity index (χ1n) is 29.6. The van der Waals surface area contributed by atoms with E-state index in [1.54, 1.807) is 41.3 Å². The average molecular weight is 1310 g/mol. The lowest BCUT2D eigenvalue weighted by Gasteiger charge is -2.34. The maximum absolute atomic E-state index is 13.5. The van der Waals surface area contributed by atoms with Crippen molar-refractivity contribution in [2.24, 2.45) is 0 Å². The van der Waals surface area contributed by atoms with Crippen molar-refractivity contribution in [3.8, 4) is 11.5 Å². The third-order valence-electron chi connectivity index (χ3n) is 17.1. The van der Waals surface area contributed by atoms with E-state index in [1.807, 2.05) is 44.1 Å². The van der Waals surface area contributed by atoms with Crippen LogP contribution in [0.25, 0.3) is 0 Å². The maximum atomic E-state index is 13.5. The molecule has 0 radical (unpaired) electrons. The highest BCUT2D eigenvalue weighted by Gasteiger charge is 2.46. The van der Waals surface area contributed by atoms with Crippen molar-refractivity contribution >= 4 is 69.4 Å². The molecule has 23 nitrogen and oxygen atoms in total. The van der Waals surface area contributed by atoms with Crippen LogP contribution in [0.1, 0.15) is 123 Å². The molecule has 0 saturated carbocycles. The van der Waals surface area contributed by atoms with Gasteiger partial charge in [-0.3, -0.25) is 37.6 Å². The molecule has 0 bridgehead atoms. The fourth-order valence-electron chi connectivity index (χ4n) is 12.3. The molecule has 1 unspecified atom stereocenters. The Bertz CT molecular complexity index is 3930. The van der Waals surface area contributed by atoms with E-state index < -0.39 is 62.8 Å².